The summed E-state index contributed by atoms with van der Waals surface area (Å²) in [5.74, 6) is -0.531. The highest BCUT2D eigenvalue weighted by atomic mass is 19.1. The molecule has 2 aliphatic rings. The minimum absolute atomic E-state index is 0.0403. The smallest absolute Gasteiger partial charge is 0.322 e. The van der Waals surface area contributed by atoms with Crippen molar-refractivity contribution in [3.63, 3.8) is 0 Å². The molecule has 2 N–H and O–H groups in total. The van der Waals surface area contributed by atoms with Gasteiger partial charge in [0, 0.05) is 31.3 Å². The van der Waals surface area contributed by atoms with Crippen molar-refractivity contribution < 1.29 is 18.7 Å². The molecular formula is C20H23FN4O3. The molecule has 3 amide bonds. The third-order valence-electron chi connectivity index (χ3n) is 5.82. The van der Waals surface area contributed by atoms with Gasteiger partial charge in [-0.25, -0.2) is 9.18 Å². The second-order valence-corrected chi connectivity index (χ2v) is 7.60. The van der Waals surface area contributed by atoms with Crippen LogP contribution in [0.4, 0.5) is 14.9 Å². The largest absolute Gasteiger partial charge is 0.378 e. The fraction of sp³-hybridized carbons (Fsp3) is 0.450. The lowest BCUT2D eigenvalue weighted by molar-refractivity contribution is -0.125. The number of anilines is 1. The standard InChI is InChI=1S/C20H23FN4O3/c1-20(18(26)23-19(27)24-20)12-5-7-25(8-6-12)17-10-14(11-28-2)22-16-4-3-13(21)9-15(16)17/h3-4,9-10,12H,5-8,11H2,1-2H3,(H2,23,24,26,27). The highest BCUT2D eigenvalue weighted by Crippen LogP contribution is 2.35. The van der Waals surface area contributed by atoms with E-state index in [9.17, 15) is 14.0 Å². The quantitative estimate of drug-likeness (QED) is 0.788. The Labute approximate surface area is 162 Å². The molecule has 0 saturated carbocycles. The number of urea groups is 1. The predicted octanol–water partition coefficient (Wildman–Crippen LogP) is 2.33. The lowest BCUT2D eigenvalue weighted by Gasteiger charge is -2.40. The zero-order valence-electron chi connectivity index (χ0n) is 15.9. The van der Waals surface area contributed by atoms with E-state index in [0.29, 0.717) is 19.7 Å². The molecule has 1 aromatic carbocycles. The molecule has 1 atom stereocenters. The van der Waals surface area contributed by atoms with Gasteiger partial charge in [-0.05, 0) is 49.9 Å². The van der Waals surface area contributed by atoms with Crippen LogP contribution in [0.15, 0.2) is 24.3 Å². The third kappa shape index (κ3) is 3.17. The number of ether oxygens (including phenoxy) is 1. The minimum Gasteiger partial charge on any atom is -0.378 e. The number of carbonyl (C=O) groups is 2. The highest BCUT2D eigenvalue weighted by Gasteiger charge is 2.48. The molecule has 1 aromatic heterocycles. The number of piperidine rings is 1. The number of rotatable bonds is 4. The summed E-state index contributed by atoms with van der Waals surface area (Å²) >= 11 is 0. The van der Waals surface area contributed by atoms with E-state index in [1.54, 1.807) is 20.1 Å². The second kappa shape index (κ2) is 7.01. The molecule has 2 aliphatic heterocycles. The Kier molecular flexibility index (Phi) is 4.66. The summed E-state index contributed by atoms with van der Waals surface area (Å²) in [7, 11) is 1.61. The van der Waals surface area contributed by atoms with Crippen molar-refractivity contribution in [3.8, 4) is 0 Å². The maximum Gasteiger partial charge on any atom is 0.322 e. The fourth-order valence-corrected chi connectivity index (χ4v) is 4.26. The molecule has 0 spiro atoms. The van der Waals surface area contributed by atoms with Crippen molar-refractivity contribution in [1.82, 2.24) is 15.6 Å². The Morgan fingerprint density at radius 1 is 1.29 bits per heavy atom. The van der Waals surface area contributed by atoms with Crippen LogP contribution in [0.1, 0.15) is 25.5 Å². The average molecular weight is 386 g/mol. The Hall–Kier alpha value is -2.74. The van der Waals surface area contributed by atoms with Gasteiger partial charge in [0.05, 0.1) is 17.8 Å². The number of carbonyl (C=O) groups excluding carboxylic acids is 2. The Balaban J connectivity index is 1.60. The first-order valence-corrected chi connectivity index (χ1v) is 9.37. The van der Waals surface area contributed by atoms with Gasteiger partial charge >= 0.3 is 6.03 Å². The number of hydrogen-bond acceptors (Lipinski definition) is 5. The molecule has 4 rings (SSSR count). The second-order valence-electron chi connectivity index (χ2n) is 7.60. The fourth-order valence-electron chi connectivity index (χ4n) is 4.26. The summed E-state index contributed by atoms with van der Waals surface area (Å²) in [5, 5.41) is 5.87. The summed E-state index contributed by atoms with van der Waals surface area (Å²) < 4.78 is 19.1. The third-order valence-corrected chi connectivity index (χ3v) is 5.82. The number of methoxy groups -OCH3 is 1. The van der Waals surface area contributed by atoms with E-state index >= 15 is 0 Å². The summed E-state index contributed by atoms with van der Waals surface area (Å²) in [5.41, 5.74) is 1.55. The van der Waals surface area contributed by atoms with Crippen LogP contribution in [0.25, 0.3) is 10.9 Å². The van der Waals surface area contributed by atoms with Crippen LogP contribution in [-0.4, -0.2) is 42.7 Å². The summed E-state index contributed by atoms with van der Waals surface area (Å²) in [6.07, 6.45) is 1.48. The molecule has 0 radical (unpaired) electrons. The summed E-state index contributed by atoms with van der Waals surface area (Å²) in [4.78, 5) is 30.5. The maximum absolute atomic E-state index is 13.9. The van der Waals surface area contributed by atoms with Gasteiger partial charge in [-0.2, -0.15) is 0 Å². The van der Waals surface area contributed by atoms with Crippen LogP contribution in [-0.2, 0) is 16.1 Å². The van der Waals surface area contributed by atoms with Crippen molar-refractivity contribution in [2.75, 3.05) is 25.1 Å². The molecule has 2 aromatic rings. The molecule has 28 heavy (non-hydrogen) atoms. The van der Waals surface area contributed by atoms with Gasteiger partial charge in [0.25, 0.3) is 5.91 Å². The van der Waals surface area contributed by atoms with Crippen LogP contribution in [0.3, 0.4) is 0 Å². The zero-order chi connectivity index (χ0) is 19.9. The zero-order valence-corrected chi connectivity index (χ0v) is 15.9. The van der Waals surface area contributed by atoms with Crippen LogP contribution in [0.5, 0.6) is 0 Å². The lowest BCUT2D eigenvalue weighted by atomic mass is 9.79. The van der Waals surface area contributed by atoms with Crippen molar-refractivity contribution in [2.24, 2.45) is 5.92 Å². The molecule has 0 aliphatic carbocycles. The van der Waals surface area contributed by atoms with Gasteiger partial charge in [-0.1, -0.05) is 0 Å². The van der Waals surface area contributed by atoms with Gasteiger partial charge in [0.2, 0.25) is 0 Å². The summed E-state index contributed by atoms with van der Waals surface area (Å²) in [6.45, 7) is 3.55. The van der Waals surface area contributed by atoms with E-state index in [-0.39, 0.29) is 17.6 Å². The number of fused-ring (bicyclic) bond motifs is 1. The van der Waals surface area contributed by atoms with Gasteiger partial charge in [0.15, 0.2) is 0 Å². The number of pyridine rings is 1. The van der Waals surface area contributed by atoms with Gasteiger partial charge < -0.3 is 15.0 Å². The highest BCUT2D eigenvalue weighted by molar-refractivity contribution is 6.07. The van der Waals surface area contributed by atoms with Crippen LogP contribution in [0.2, 0.25) is 0 Å². The van der Waals surface area contributed by atoms with Gasteiger partial charge in [-0.3, -0.25) is 15.1 Å². The molecule has 7 nitrogen and oxygen atoms in total. The molecular weight excluding hydrogens is 363 g/mol. The number of halogens is 1. The molecule has 1 unspecified atom stereocenters. The van der Waals surface area contributed by atoms with E-state index in [1.807, 2.05) is 6.07 Å². The number of benzene rings is 1. The number of nitrogens with one attached hydrogen (secondary N) is 2. The molecule has 148 valence electrons. The molecule has 2 fully saturated rings. The Morgan fingerprint density at radius 3 is 2.68 bits per heavy atom. The van der Waals surface area contributed by atoms with Crippen molar-refractivity contribution in [1.29, 1.82) is 0 Å². The number of hydrogen-bond donors (Lipinski definition) is 2. The van der Waals surface area contributed by atoms with Crippen molar-refractivity contribution in [3.05, 3.63) is 35.8 Å². The first kappa shape index (κ1) is 18.6. The maximum atomic E-state index is 13.9. The van der Waals surface area contributed by atoms with Crippen LogP contribution >= 0.6 is 0 Å². The number of imide groups is 1. The van der Waals surface area contributed by atoms with Crippen molar-refractivity contribution in [2.45, 2.75) is 31.9 Å². The first-order chi connectivity index (χ1) is 13.4. The van der Waals surface area contributed by atoms with Gasteiger partial charge in [-0.15, -0.1) is 0 Å². The predicted molar refractivity (Wildman–Crippen MR) is 102 cm³/mol. The average Bonchev–Trinajstić information content (AvgIpc) is 2.94. The first-order valence-electron chi connectivity index (χ1n) is 9.37. The minimum atomic E-state index is -0.878. The molecule has 0 bridgehead atoms. The van der Waals surface area contributed by atoms with Crippen LogP contribution < -0.4 is 15.5 Å². The number of nitrogens with zero attached hydrogens (tertiary/aromatic N) is 2. The topological polar surface area (TPSA) is 83.6 Å². The van der Waals surface area contributed by atoms with E-state index < -0.39 is 11.6 Å². The number of amides is 3. The van der Waals surface area contributed by atoms with E-state index in [2.05, 4.69) is 20.5 Å². The van der Waals surface area contributed by atoms with E-state index in [4.69, 9.17) is 4.74 Å². The summed E-state index contributed by atoms with van der Waals surface area (Å²) in [6, 6.07) is 6.10. The molecule has 8 heteroatoms. The number of aromatic nitrogens is 1. The van der Waals surface area contributed by atoms with E-state index in [1.165, 1.54) is 12.1 Å². The Morgan fingerprint density at radius 2 is 2.04 bits per heavy atom. The molecule has 3 heterocycles. The normalized spacial score (nSPS) is 23.2. The van der Waals surface area contributed by atoms with Crippen molar-refractivity contribution >= 4 is 28.5 Å². The van der Waals surface area contributed by atoms with E-state index in [0.717, 1.165) is 35.1 Å². The molecule has 2 saturated heterocycles. The lowest BCUT2D eigenvalue weighted by Crippen LogP contribution is -2.53. The van der Waals surface area contributed by atoms with Gasteiger partial charge in [0.1, 0.15) is 11.4 Å². The monoisotopic (exact) mass is 386 g/mol. The SMILES string of the molecule is COCc1cc(N2CCC(C3(C)NC(=O)NC3=O)CC2)c2cc(F)ccc2n1. The van der Waals surface area contributed by atoms with Crippen LogP contribution in [0, 0.1) is 11.7 Å². The Bertz CT molecular complexity index is 942.